The van der Waals surface area contributed by atoms with Gasteiger partial charge in [-0.15, -0.1) is 0 Å². The molecule has 28 heavy (non-hydrogen) atoms. The van der Waals surface area contributed by atoms with E-state index in [4.69, 9.17) is 9.47 Å². The summed E-state index contributed by atoms with van der Waals surface area (Å²) in [4.78, 5) is 36.8. The van der Waals surface area contributed by atoms with Crippen LogP contribution in [0.15, 0.2) is 36.4 Å². The molecule has 0 radical (unpaired) electrons. The Morgan fingerprint density at radius 3 is 2.46 bits per heavy atom. The lowest BCUT2D eigenvalue weighted by molar-refractivity contribution is -0.385. The van der Waals surface area contributed by atoms with E-state index in [9.17, 15) is 19.7 Å². The van der Waals surface area contributed by atoms with Crippen LogP contribution in [0.4, 0.5) is 17.1 Å². The summed E-state index contributed by atoms with van der Waals surface area (Å²) in [7, 11) is 2.83. The number of nitrogens with one attached hydrogen (secondary N) is 1. The lowest BCUT2D eigenvalue weighted by Gasteiger charge is -2.20. The lowest BCUT2D eigenvalue weighted by Crippen LogP contribution is -2.24. The predicted molar refractivity (Wildman–Crippen MR) is 102 cm³/mol. The highest BCUT2D eigenvalue weighted by atomic mass is 16.6. The Bertz CT molecular complexity index is 943. The van der Waals surface area contributed by atoms with E-state index in [1.54, 1.807) is 23.1 Å². The van der Waals surface area contributed by atoms with Crippen molar-refractivity contribution in [1.29, 1.82) is 0 Å². The number of carbonyl (C=O) groups excluding carboxylic acids is 2. The molecule has 0 bridgehead atoms. The van der Waals surface area contributed by atoms with Gasteiger partial charge in [0.1, 0.15) is 5.75 Å². The van der Waals surface area contributed by atoms with Gasteiger partial charge in [-0.25, -0.2) is 0 Å². The monoisotopic (exact) mass is 385 g/mol. The first-order valence-corrected chi connectivity index (χ1v) is 8.56. The number of hydrogen-bond acceptors (Lipinski definition) is 6. The van der Waals surface area contributed by atoms with E-state index in [1.165, 1.54) is 26.4 Å². The number of anilines is 2. The Kier molecular flexibility index (Phi) is 5.44. The van der Waals surface area contributed by atoms with Crippen LogP contribution in [0.1, 0.15) is 23.2 Å². The van der Waals surface area contributed by atoms with Gasteiger partial charge in [0.15, 0.2) is 5.75 Å². The first-order chi connectivity index (χ1) is 13.4. The fourth-order valence-electron chi connectivity index (χ4n) is 3.06. The molecule has 0 atom stereocenters. The second-order valence-electron chi connectivity index (χ2n) is 6.13. The Morgan fingerprint density at radius 2 is 1.86 bits per heavy atom. The summed E-state index contributed by atoms with van der Waals surface area (Å²) in [5.74, 6) is 0.0661. The SMILES string of the molecule is COc1ccc(NC(=O)c2ccc(OC)c([N+](=O)[O-])c2)cc1N1CCCC1=O. The quantitative estimate of drug-likeness (QED) is 0.604. The smallest absolute Gasteiger partial charge is 0.311 e. The highest BCUT2D eigenvalue weighted by molar-refractivity contribution is 6.05. The average Bonchev–Trinajstić information content (AvgIpc) is 3.13. The number of carbonyl (C=O) groups is 2. The van der Waals surface area contributed by atoms with Crippen molar-refractivity contribution in [2.45, 2.75) is 12.8 Å². The molecule has 0 aromatic heterocycles. The minimum Gasteiger partial charge on any atom is -0.495 e. The van der Waals surface area contributed by atoms with Crippen LogP contribution in [0.5, 0.6) is 11.5 Å². The van der Waals surface area contributed by atoms with Crippen molar-refractivity contribution < 1.29 is 24.0 Å². The zero-order chi connectivity index (χ0) is 20.3. The molecule has 0 saturated carbocycles. The minimum atomic E-state index is -0.611. The third-order valence-corrected chi connectivity index (χ3v) is 4.44. The molecule has 146 valence electrons. The number of methoxy groups -OCH3 is 2. The molecule has 3 rings (SSSR count). The van der Waals surface area contributed by atoms with Gasteiger partial charge in [0.25, 0.3) is 5.91 Å². The standard InChI is InChI=1S/C19H19N3O6/c1-27-16-8-6-13(11-14(16)21-9-3-4-18(21)23)20-19(24)12-5-7-17(28-2)15(10-12)22(25)26/h5-8,10-11H,3-4,9H2,1-2H3,(H,20,24). The Hall–Kier alpha value is -3.62. The van der Waals surface area contributed by atoms with Crippen molar-refractivity contribution in [1.82, 2.24) is 0 Å². The van der Waals surface area contributed by atoms with E-state index < -0.39 is 10.8 Å². The van der Waals surface area contributed by atoms with E-state index in [2.05, 4.69) is 5.32 Å². The van der Waals surface area contributed by atoms with Gasteiger partial charge in [-0.3, -0.25) is 19.7 Å². The second-order valence-corrected chi connectivity index (χ2v) is 6.13. The van der Waals surface area contributed by atoms with Crippen LogP contribution < -0.4 is 19.7 Å². The van der Waals surface area contributed by atoms with Gasteiger partial charge in [-0.05, 0) is 36.8 Å². The van der Waals surface area contributed by atoms with Crippen LogP contribution in [0.2, 0.25) is 0 Å². The van der Waals surface area contributed by atoms with E-state index in [1.807, 2.05) is 0 Å². The van der Waals surface area contributed by atoms with Gasteiger partial charge in [0.05, 0.1) is 24.8 Å². The number of benzene rings is 2. The Morgan fingerprint density at radius 1 is 1.14 bits per heavy atom. The Labute approximate surface area is 161 Å². The molecule has 9 heteroatoms. The largest absolute Gasteiger partial charge is 0.495 e. The van der Waals surface area contributed by atoms with Gasteiger partial charge in [0, 0.05) is 30.3 Å². The molecule has 1 aliphatic rings. The number of hydrogen-bond donors (Lipinski definition) is 1. The molecule has 0 aliphatic carbocycles. The number of nitro benzene ring substituents is 1. The van der Waals surface area contributed by atoms with E-state index >= 15 is 0 Å². The first-order valence-electron chi connectivity index (χ1n) is 8.56. The summed E-state index contributed by atoms with van der Waals surface area (Å²) in [6.07, 6.45) is 1.23. The molecule has 1 N–H and O–H groups in total. The van der Waals surface area contributed by atoms with E-state index in [-0.39, 0.29) is 22.9 Å². The summed E-state index contributed by atoms with van der Waals surface area (Å²) >= 11 is 0. The highest BCUT2D eigenvalue weighted by Gasteiger charge is 2.25. The molecule has 2 aromatic carbocycles. The molecular weight excluding hydrogens is 366 g/mol. The predicted octanol–water partition coefficient (Wildman–Crippen LogP) is 2.99. The second kappa shape index (κ2) is 7.95. The number of ether oxygens (including phenoxy) is 2. The maximum atomic E-state index is 12.6. The van der Waals surface area contributed by atoms with Crippen LogP contribution in [0.3, 0.4) is 0 Å². The number of amides is 2. The van der Waals surface area contributed by atoms with Crippen molar-refractivity contribution in [2.75, 3.05) is 31.0 Å². The average molecular weight is 385 g/mol. The molecule has 1 aliphatic heterocycles. The normalized spacial score (nSPS) is 13.4. The van der Waals surface area contributed by atoms with Gasteiger partial charge in [-0.1, -0.05) is 0 Å². The molecule has 0 unspecified atom stereocenters. The van der Waals surface area contributed by atoms with Crippen LogP contribution in [-0.4, -0.2) is 37.5 Å². The van der Waals surface area contributed by atoms with Crippen LogP contribution in [-0.2, 0) is 4.79 Å². The third-order valence-electron chi connectivity index (χ3n) is 4.44. The molecule has 1 saturated heterocycles. The van der Waals surface area contributed by atoms with E-state index in [0.717, 1.165) is 12.5 Å². The van der Waals surface area contributed by atoms with Gasteiger partial charge in [0.2, 0.25) is 5.91 Å². The summed E-state index contributed by atoms with van der Waals surface area (Å²) in [5, 5.41) is 13.8. The van der Waals surface area contributed by atoms with Crippen molar-refractivity contribution >= 4 is 28.9 Å². The molecule has 1 heterocycles. The summed E-state index contributed by atoms with van der Waals surface area (Å²) in [6.45, 7) is 0.581. The summed E-state index contributed by atoms with van der Waals surface area (Å²) in [6, 6.07) is 8.91. The summed E-state index contributed by atoms with van der Waals surface area (Å²) < 4.78 is 10.3. The molecular formula is C19H19N3O6. The molecule has 9 nitrogen and oxygen atoms in total. The van der Waals surface area contributed by atoms with E-state index in [0.29, 0.717) is 30.1 Å². The van der Waals surface area contributed by atoms with Crippen LogP contribution in [0.25, 0.3) is 0 Å². The van der Waals surface area contributed by atoms with Crippen molar-refractivity contribution in [3.63, 3.8) is 0 Å². The fourth-order valence-corrected chi connectivity index (χ4v) is 3.06. The topological polar surface area (TPSA) is 111 Å². The molecule has 1 fully saturated rings. The van der Waals surface area contributed by atoms with Gasteiger partial charge < -0.3 is 19.7 Å². The zero-order valence-corrected chi connectivity index (χ0v) is 15.4. The van der Waals surface area contributed by atoms with Gasteiger partial charge >= 0.3 is 5.69 Å². The molecule has 0 spiro atoms. The number of rotatable bonds is 6. The lowest BCUT2D eigenvalue weighted by atomic mass is 10.1. The van der Waals surface area contributed by atoms with Crippen LogP contribution >= 0.6 is 0 Å². The molecule has 2 aromatic rings. The maximum Gasteiger partial charge on any atom is 0.311 e. The maximum absolute atomic E-state index is 12.6. The van der Waals surface area contributed by atoms with Crippen LogP contribution in [0, 0.1) is 10.1 Å². The van der Waals surface area contributed by atoms with Crippen molar-refractivity contribution in [3.05, 3.63) is 52.1 Å². The number of nitrogens with zero attached hydrogens (tertiary/aromatic N) is 2. The highest BCUT2D eigenvalue weighted by Crippen LogP contribution is 2.34. The number of nitro groups is 1. The zero-order valence-electron chi connectivity index (χ0n) is 15.4. The van der Waals surface area contributed by atoms with Crippen molar-refractivity contribution in [2.24, 2.45) is 0 Å². The van der Waals surface area contributed by atoms with Crippen molar-refractivity contribution in [3.8, 4) is 11.5 Å². The van der Waals surface area contributed by atoms with Gasteiger partial charge in [-0.2, -0.15) is 0 Å². The minimum absolute atomic E-state index is 0.00689. The third kappa shape index (κ3) is 3.73. The Balaban J connectivity index is 1.87. The first kappa shape index (κ1) is 19.2. The molecule has 2 amide bonds. The fraction of sp³-hybridized carbons (Fsp3) is 0.263. The summed E-state index contributed by atoms with van der Waals surface area (Å²) in [5.41, 5.74) is 0.831.